The summed E-state index contributed by atoms with van der Waals surface area (Å²) in [6, 6.07) is 1.72. The van der Waals surface area contributed by atoms with E-state index < -0.39 is 0 Å². The first-order chi connectivity index (χ1) is 18.6. The van der Waals surface area contributed by atoms with Gasteiger partial charge in [-0.05, 0) is 58.0 Å². The number of allylic oxidation sites excluding steroid dienone is 2. The zero-order valence-electron chi connectivity index (χ0n) is 23.4. The third kappa shape index (κ3) is 5.96. The summed E-state index contributed by atoms with van der Waals surface area (Å²) in [5.74, 6) is 1.32. The maximum atomic E-state index is 6.32. The highest BCUT2D eigenvalue weighted by atomic mass is 15.2. The van der Waals surface area contributed by atoms with Crippen LogP contribution >= 0.6 is 0 Å². The van der Waals surface area contributed by atoms with E-state index in [1.165, 1.54) is 70.9 Å². The second kappa shape index (κ2) is 12.4. The Hall–Kier alpha value is -2.71. The average molecular weight is 519 g/mol. The molecule has 3 fully saturated rings. The van der Waals surface area contributed by atoms with Crippen molar-refractivity contribution in [3.05, 3.63) is 36.3 Å². The summed E-state index contributed by atoms with van der Waals surface area (Å²) >= 11 is 0. The minimum absolute atomic E-state index is 0.428. The number of nitrogens with one attached hydrogen (secondary N) is 2. The average Bonchev–Trinajstić information content (AvgIpc) is 2.97. The van der Waals surface area contributed by atoms with E-state index in [4.69, 9.17) is 15.7 Å². The standard InChI is InChI=1S/C30H46N8/c1-4-21(20-37(3)23-13-17-38(18-14-23)24-11-15-32-16-12-24)25-19-33-29(31)28-27(25)36-30(26(5-2)35-28)34-22-9-7-6-8-10-22/h4,19-20,22-24,32H,1,5-18H2,2-3H3,(H2,31,33)(H,34,36)/b21-20+. The maximum Gasteiger partial charge on any atom is 0.151 e. The molecule has 2 aromatic heterocycles. The predicted octanol–water partition coefficient (Wildman–Crippen LogP) is 4.59. The van der Waals surface area contributed by atoms with E-state index >= 15 is 0 Å². The summed E-state index contributed by atoms with van der Waals surface area (Å²) in [5.41, 5.74) is 10.7. The van der Waals surface area contributed by atoms with Crippen molar-refractivity contribution in [2.24, 2.45) is 0 Å². The third-order valence-electron chi connectivity index (χ3n) is 8.85. The molecule has 0 bridgehead atoms. The number of hydrogen-bond donors (Lipinski definition) is 3. The van der Waals surface area contributed by atoms with Gasteiger partial charge in [0.05, 0.1) is 5.69 Å². The SMILES string of the molecule is C=C/C(=C\N(C)C1CCN(C2CCNCC2)CC1)c1cnc(N)c2nc(CC)c(NC3CCCCC3)nc12. The number of aromatic nitrogens is 3. The van der Waals surface area contributed by atoms with Gasteiger partial charge in [-0.15, -0.1) is 0 Å². The fourth-order valence-electron chi connectivity index (χ4n) is 6.49. The topological polar surface area (TPSA) is 95.2 Å². The van der Waals surface area contributed by atoms with Crippen LogP contribution in [0.2, 0.25) is 0 Å². The van der Waals surface area contributed by atoms with Gasteiger partial charge in [0.2, 0.25) is 0 Å². The largest absolute Gasteiger partial charge is 0.382 e. The highest BCUT2D eigenvalue weighted by molar-refractivity contribution is 5.96. The fraction of sp³-hybridized carbons (Fsp3) is 0.633. The lowest BCUT2D eigenvalue weighted by Crippen LogP contribution is -2.49. The van der Waals surface area contributed by atoms with Crippen molar-refractivity contribution in [3.8, 4) is 0 Å². The second-order valence-corrected chi connectivity index (χ2v) is 11.3. The number of fused-ring (bicyclic) bond motifs is 1. The monoisotopic (exact) mass is 518 g/mol. The molecule has 0 aromatic carbocycles. The van der Waals surface area contributed by atoms with Gasteiger partial charge >= 0.3 is 0 Å². The van der Waals surface area contributed by atoms with Gasteiger partial charge in [-0.25, -0.2) is 15.0 Å². The van der Waals surface area contributed by atoms with Gasteiger partial charge in [0.15, 0.2) is 5.82 Å². The number of nitrogens with zero attached hydrogens (tertiary/aromatic N) is 5. The molecule has 1 aliphatic carbocycles. The van der Waals surface area contributed by atoms with Crippen LogP contribution in [0.5, 0.6) is 0 Å². The number of rotatable bonds is 8. The lowest BCUT2D eigenvalue weighted by atomic mass is 9.95. The molecule has 0 atom stereocenters. The van der Waals surface area contributed by atoms with Crippen molar-refractivity contribution in [1.82, 2.24) is 30.1 Å². The zero-order valence-corrected chi connectivity index (χ0v) is 23.4. The lowest BCUT2D eigenvalue weighted by molar-refractivity contribution is 0.0987. The molecule has 1 saturated carbocycles. The number of aryl methyl sites for hydroxylation is 1. The van der Waals surface area contributed by atoms with Crippen LogP contribution in [0.4, 0.5) is 11.6 Å². The Labute approximate surface area is 228 Å². The molecule has 0 amide bonds. The molecule has 2 saturated heterocycles. The van der Waals surface area contributed by atoms with Crippen LogP contribution in [0.15, 0.2) is 25.1 Å². The van der Waals surface area contributed by atoms with Crippen LogP contribution in [-0.4, -0.2) is 76.1 Å². The van der Waals surface area contributed by atoms with Crippen LogP contribution in [0.25, 0.3) is 16.6 Å². The van der Waals surface area contributed by atoms with E-state index in [-0.39, 0.29) is 0 Å². The molecular weight excluding hydrogens is 472 g/mol. The van der Waals surface area contributed by atoms with Gasteiger partial charge in [0.1, 0.15) is 16.9 Å². The number of pyridine rings is 1. The first kappa shape index (κ1) is 26.9. The van der Waals surface area contributed by atoms with E-state index in [9.17, 15) is 0 Å². The van der Waals surface area contributed by atoms with Gasteiger partial charge < -0.3 is 26.2 Å². The summed E-state index contributed by atoms with van der Waals surface area (Å²) in [6.45, 7) is 10.9. The molecule has 8 heteroatoms. The molecule has 0 spiro atoms. The van der Waals surface area contributed by atoms with Crippen LogP contribution in [0, 0.1) is 0 Å². The Morgan fingerprint density at radius 1 is 1.11 bits per heavy atom. The molecule has 38 heavy (non-hydrogen) atoms. The number of likely N-dealkylation sites (tertiary alicyclic amines) is 1. The minimum Gasteiger partial charge on any atom is -0.382 e. The molecule has 3 aliphatic rings. The van der Waals surface area contributed by atoms with Gasteiger partial charge in [-0.1, -0.05) is 38.8 Å². The van der Waals surface area contributed by atoms with Crippen LogP contribution in [0.3, 0.4) is 0 Å². The molecular formula is C30H46N8. The van der Waals surface area contributed by atoms with Crippen LogP contribution in [-0.2, 0) is 6.42 Å². The van der Waals surface area contributed by atoms with Gasteiger partial charge in [0, 0.05) is 61.8 Å². The number of anilines is 2. The Kier molecular flexibility index (Phi) is 8.79. The van der Waals surface area contributed by atoms with Crippen LogP contribution < -0.4 is 16.4 Å². The van der Waals surface area contributed by atoms with Crippen LogP contribution in [0.1, 0.15) is 76.0 Å². The Balaban J connectivity index is 1.38. The summed E-state index contributed by atoms with van der Waals surface area (Å²) in [5, 5.41) is 7.21. The van der Waals surface area contributed by atoms with Crippen molar-refractivity contribution in [3.63, 3.8) is 0 Å². The highest BCUT2D eigenvalue weighted by Crippen LogP contribution is 2.31. The van der Waals surface area contributed by atoms with E-state index in [2.05, 4.69) is 52.2 Å². The Morgan fingerprint density at radius 3 is 2.53 bits per heavy atom. The molecule has 0 radical (unpaired) electrons. The molecule has 0 unspecified atom stereocenters. The maximum absolute atomic E-state index is 6.32. The van der Waals surface area contributed by atoms with E-state index in [0.29, 0.717) is 23.4 Å². The predicted molar refractivity (Wildman–Crippen MR) is 158 cm³/mol. The van der Waals surface area contributed by atoms with Gasteiger partial charge in [-0.3, -0.25) is 0 Å². The summed E-state index contributed by atoms with van der Waals surface area (Å²) in [6.07, 6.45) is 17.9. The van der Waals surface area contributed by atoms with Crippen molar-refractivity contribution in [1.29, 1.82) is 0 Å². The molecule has 206 valence electrons. The molecule has 4 heterocycles. The molecule has 5 rings (SSSR count). The van der Waals surface area contributed by atoms with E-state index in [1.807, 2.05) is 12.3 Å². The van der Waals surface area contributed by atoms with Crippen molar-refractivity contribution >= 4 is 28.2 Å². The highest BCUT2D eigenvalue weighted by Gasteiger charge is 2.27. The number of piperidine rings is 2. The quantitative estimate of drug-likeness (QED) is 0.437. The Bertz CT molecular complexity index is 1120. The number of nitrogen functional groups attached to an aromatic ring is 1. The molecule has 4 N–H and O–H groups in total. The molecule has 2 aromatic rings. The number of hydrogen-bond acceptors (Lipinski definition) is 8. The summed E-state index contributed by atoms with van der Waals surface area (Å²) in [4.78, 5) is 19.7. The third-order valence-corrected chi connectivity index (χ3v) is 8.85. The first-order valence-corrected chi connectivity index (χ1v) is 14.8. The first-order valence-electron chi connectivity index (χ1n) is 14.8. The summed E-state index contributed by atoms with van der Waals surface area (Å²) in [7, 11) is 2.19. The zero-order chi connectivity index (χ0) is 26.5. The van der Waals surface area contributed by atoms with E-state index in [1.54, 1.807) is 0 Å². The molecule has 8 nitrogen and oxygen atoms in total. The van der Waals surface area contributed by atoms with Gasteiger partial charge in [0.25, 0.3) is 0 Å². The minimum atomic E-state index is 0.428. The Morgan fingerprint density at radius 2 is 1.84 bits per heavy atom. The van der Waals surface area contributed by atoms with Crippen molar-refractivity contribution in [2.45, 2.75) is 89.3 Å². The second-order valence-electron chi connectivity index (χ2n) is 11.3. The molecule has 2 aliphatic heterocycles. The van der Waals surface area contributed by atoms with Crippen molar-refractivity contribution in [2.75, 3.05) is 44.3 Å². The normalized spacial score (nSPS) is 21.1. The van der Waals surface area contributed by atoms with E-state index in [0.717, 1.165) is 53.7 Å². The number of nitrogens with two attached hydrogens (primary N) is 1. The lowest BCUT2D eigenvalue weighted by Gasteiger charge is -2.41. The smallest absolute Gasteiger partial charge is 0.151 e. The summed E-state index contributed by atoms with van der Waals surface area (Å²) < 4.78 is 0. The van der Waals surface area contributed by atoms with Crippen molar-refractivity contribution < 1.29 is 0 Å². The van der Waals surface area contributed by atoms with Gasteiger partial charge in [-0.2, -0.15) is 0 Å². The fourth-order valence-corrected chi connectivity index (χ4v) is 6.49.